The SMILES string of the molecule is CCCn1ccc(S(=O)(=O)N2CC=C(c3cc4cnn(-c5ccc(F)cc5)c4cc3C(C)C)CC2)c1. The van der Waals surface area contributed by atoms with E-state index in [1.807, 2.05) is 27.7 Å². The molecule has 36 heavy (non-hydrogen) atoms. The first-order valence-electron chi connectivity index (χ1n) is 12.4. The van der Waals surface area contributed by atoms with Crippen LogP contribution in [0.5, 0.6) is 0 Å². The second kappa shape index (κ2) is 9.67. The van der Waals surface area contributed by atoms with Crippen molar-refractivity contribution in [2.75, 3.05) is 13.1 Å². The van der Waals surface area contributed by atoms with Gasteiger partial charge in [-0.15, -0.1) is 0 Å². The summed E-state index contributed by atoms with van der Waals surface area (Å²) >= 11 is 0. The Morgan fingerprint density at radius 3 is 2.56 bits per heavy atom. The van der Waals surface area contributed by atoms with Crippen molar-refractivity contribution in [3.63, 3.8) is 0 Å². The molecule has 3 heterocycles. The molecule has 5 rings (SSSR count). The van der Waals surface area contributed by atoms with Crippen molar-refractivity contribution in [3.05, 3.63) is 84.1 Å². The molecule has 4 aromatic rings. The molecule has 2 aromatic heterocycles. The van der Waals surface area contributed by atoms with Gasteiger partial charge in [0.25, 0.3) is 0 Å². The van der Waals surface area contributed by atoms with Crippen LogP contribution in [0.3, 0.4) is 0 Å². The fraction of sp³-hybridized carbons (Fsp3) is 0.321. The fourth-order valence-corrected chi connectivity index (χ4v) is 6.27. The number of fused-ring (bicyclic) bond motifs is 1. The topological polar surface area (TPSA) is 60.1 Å². The lowest BCUT2D eigenvalue weighted by atomic mass is 9.89. The molecule has 188 valence electrons. The van der Waals surface area contributed by atoms with Gasteiger partial charge in [0.15, 0.2) is 0 Å². The highest BCUT2D eigenvalue weighted by molar-refractivity contribution is 7.89. The van der Waals surface area contributed by atoms with Gasteiger partial charge in [-0.2, -0.15) is 9.40 Å². The second-order valence-electron chi connectivity index (χ2n) is 9.61. The quantitative estimate of drug-likeness (QED) is 0.310. The smallest absolute Gasteiger partial charge is 0.244 e. The third kappa shape index (κ3) is 4.51. The number of rotatable bonds is 7. The highest BCUT2D eigenvalue weighted by Gasteiger charge is 2.28. The largest absolute Gasteiger partial charge is 0.353 e. The Kier molecular flexibility index (Phi) is 6.57. The van der Waals surface area contributed by atoms with Crippen LogP contribution in [0.15, 0.2) is 72.0 Å². The number of nitrogens with zero attached hydrogens (tertiary/aromatic N) is 4. The Bertz CT molecular complexity index is 1530. The van der Waals surface area contributed by atoms with Gasteiger partial charge in [-0.1, -0.05) is 26.8 Å². The van der Waals surface area contributed by atoms with Gasteiger partial charge < -0.3 is 4.57 Å². The minimum absolute atomic E-state index is 0.266. The molecule has 0 saturated carbocycles. The summed E-state index contributed by atoms with van der Waals surface area (Å²) in [5, 5.41) is 5.55. The number of benzene rings is 2. The Hall–Kier alpha value is -3.23. The van der Waals surface area contributed by atoms with E-state index in [-0.39, 0.29) is 11.7 Å². The first kappa shape index (κ1) is 24.5. The van der Waals surface area contributed by atoms with E-state index in [9.17, 15) is 12.8 Å². The standard InChI is InChI=1S/C28H31FN4O2S/c1-4-12-31-13-11-25(19-31)36(34,35)32-14-9-21(10-15-32)27-16-22-18-30-33(24-7-5-23(29)6-8-24)28(22)17-26(27)20(2)3/h5-9,11,13,16-20H,4,10,12,14-15H2,1-3H3. The molecule has 0 N–H and O–H groups in total. The number of aryl methyl sites for hydroxylation is 1. The maximum Gasteiger partial charge on any atom is 0.244 e. The number of hydrogen-bond acceptors (Lipinski definition) is 3. The Balaban J connectivity index is 1.46. The molecule has 0 amide bonds. The lowest BCUT2D eigenvalue weighted by Gasteiger charge is -2.27. The average molecular weight is 507 g/mol. The van der Waals surface area contributed by atoms with Crippen LogP contribution >= 0.6 is 0 Å². The van der Waals surface area contributed by atoms with Crippen molar-refractivity contribution in [1.29, 1.82) is 0 Å². The van der Waals surface area contributed by atoms with Gasteiger partial charge in [-0.25, -0.2) is 17.5 Å². The van der Waals surface area contributed by atoms with Crippen molar-refractivity contribution in [2.45, 2.75) is 51.0 Å². The monoisotopic (exact) mass is 506 g/mol. The zero-order valence-corrected chi connectivity index (χ0v) is 21.7. The average Bonchev–Trinajstić information content (AvgIpc) is 3.51. The van der Waals surface area contributed by atoms with Gasteiger partial charge in [-0.05, 0) is 77.9 Å². The van der Waals surface area contributed by atoms with Gasteiger partial charge in [0.1, 0.15) is 5.82 Å². The summed E-state index contributed by atoms with van der Waals surface area (Å²) in [5.74, 6) is -0.0128. The molecule has 0 radical (unpaired) electrons. The van der Waals surface area contributed by atoms with E-state index in [1.165, 1.54) is 17.7 Å². The van der Waals surface area contributed by atoms with Gasteiger partial charge >= 0.3 is 0 Å². The van der Waals surface area contributed by atoms with Crippen molar-refractivity contribution in [1.82, 2.24) is 18.7 Å². The first-order chi connectivity index (χ1) is 17.3. The minimum atomic E-state index is -3.53. The highest BCUT2D eigenvalue weighted by atomic mass is 32.2. The first-order valence-corrected chi connectivity index (χ1v) is 13.8. The summed E-state index contributed by atoms with van der Waals surface area (Å²) in [6.07, 6.45) is 9.02. The lowest BCUT2D eigenvalue weighted by Crippen LogP contribution is -2.34. The van der Waals surface area contributed by atoms with Crippen molar-refractivity contribution < 1.29 is 12.8 Å². The third-order valence-electron chi connectivity index (χ3n) is 6.79. The zero-order chi connectivity index (χ0) is 25.4. The molecule has 0 unspecified atom stereocenters. The van der Waals surface area contributed by atoms with Crippen LogP contribution in [0.2, 0.25) is 0 Å². The highest BCUT2D eigenvalue weighted by Crippen LogP contribution is 2.35. The molecule has 0 saturated heterocycles. The number of aromatic nitrogens is 3. The Labute approximate surface area is 211 Å². The van der Waals surface area contributed by atoms with Gasteiger partial charge in [0.2, 0.25) is 10.0 Å². The summed E-state index contributed by atoms with van der Waals surface area (Å²) in [4.78, 5) is 0.352. The molecule has 0 bridgehead atoms. The van der Waals surface area contributed by atoms with E-state index < -0.39 is 10.0 Å². The zero-order valence-electron chi connectivity index (χ0n) is 20.9. The summed E-state index contributed by atoms with van der Waals surface area (Å²) in [6.45, 7) is 7.98. The van der Waals surface area contributed by atoms with E-state index in [2.05, 4.69) is 38.0 Å². The van der Waals surface area contributed by atoms with Gasteiger partial charge in [0.05, 0.1) is 22.3 Å². The van der Waals surface area contributed by atoms with Crippen LogP contribution in [0.4, 0.5) is 4.39 Å². The number of halogens is 1. The number of hydrogen-bond donors (Lipinski definition) is 0. The minimum Gasteiger partial charge on any atom is -0.353 e. The summed E-state index contributed by atoms with van der Waals surface area (Å²) < 4.78 is 45.1. The van der Waals surface area contributed by atoms with Crippen molar-refractivity contribution in [2.24, 2.45) is 0 Å². The van der Waals surface area contributed by atoms with Crippen molar-refractivity contribution >= 4 is 26.5 Å². The van der Waals surface area contributed by atoms with Crippen LogP contribution in [0, 0.1) is 5.82 Å². The van der Waals surface area contributed by atoms with E-state index in [4.69, 9.17) is 0 Å². The van der Waals surface area contributed by atoms with Crippen LogP contribution in [-0.2, 0) is 16.6 Å². The second-order valence-corrected chi connectivity index (χ2v) is 11.6. The van der Waals surface area contributed by atoms with Crippen LogP contribution in [0.1, 0.15) is 50.7 Å². The molecular formula is C28H31FN4O2S. The molecular weight excluding hydrogens is 475 g/mol. The van der Waals surface area contributed by atoms with E-state index >= 15 is 0 Å². The fourth-order valence-electron chi connectivity index (χ4n) is 4.87. The van der Waals surface area contributed by atoms with Crippen LogP contribution in [-0.4, -0.2) is 40.2 Å². The molecule has 0 atom stereocenters. The Morgan fingerprint density at radius 1 is 1.11 bits per heavy atom. The molecule has 0 fully saturated rings. The maximum absolute atomic E-state index is 13.4. The van der Waals surface area contributed by atoms with Crippen molar-refractivity contribution in [3.8, 4) is 5.69 Å². The van der Waals surface area contributed by atoms with Crippen LogP contribution < -0.4 is 0 Å². The summed E-state index contributed by atoms with van der Waals surface area (Å²) in [6, 6.07) is 12.3. The predicted octanol–water partition coefficient (Wildman–Crippen LogP) is 5.98. The summed E-state index contributed by atoms with van der Waals surface area (Å²) in [7, 11) is -3.53. The summed E-state index contributed by atoms with van der Waals surface area (Å²) in [5.41, 5.74) is 5.25. The third-order valence-corrected chi connectivity index (χ3v) is 8.64. The molecule has 8 heteroatoms. The molecule has 1 aliphatic heterocycles. The molecule has 0 aliphatic carbocycles. The van der Waals surface area contributed by atoms with Crippen LogP contribution in [0.25, 0.3) is 22.2 Å². The Morgan fingerprint density at radius 2 is 1.89 bits per heavy atom. The predicted molar refractivity (Wildman–Crippen MR) is 141 cm³/mol. The van der Waals surface area contributed by atoms with Gasteiger partial charge in [-0.3, -0.25) is 0 Å². The molecule has 0 spiro atoms. The van der Waals surface area contributed by atoms with E-state index in [1.54, 1.807) is 28.7 Å². The normalized spacial score (nSPS) is 15.1. The molecule has 6 nitrogen and oxygen atoms in total. The lowest BCUT2D eigenvalue weighted by molar-refractivity contribution is 0.441. The van der Waals surface area contributed by atoms with E-state index in [0.717, 1.165) is 40.7 Å². The molecule has 1 aliphatic rings. The molecule has 2 aromatic carbocycles. The van der Waals surface area contributed by atoms with E-state index in [0.29, 0.717) is 24.4 Å². The maximum atomic E-state index is 13.4. The van der Waals surface area contributed by atoms with Gasteiger partial charge in [0, 0.05) is 37.4 Å². The number of sulfonamides is 1.